The standard InChI is InChI=1S/C20H30N4O7/c1-12(31-11-13-6-4-3-5-7-13)17(22)19(27)23-14(8-9-21)18(26)24-15(20(28)29)10-16(25)30-2/h3-7,12,14-15,17H,8-11,21-22H2,1-2H3,(H,23,27)(H,24,26)(H,28,29)/t12-,14+,15+,17+/m1/s1. The molecule has 0 saturated heterocycles. The molecule has 31 heavy (non-hydrogen) atoms. The van der Waals surface area contributed by atoms with E-state index in [9.17, 15) is 24.3 Å². The first-order chi connectivity index (χ1) is 14.7. The zero-order valence-electron chi connectivity index (χ0n) is 17.6. The number of nitrogens with one attached hydrogen (secondary N) is 2. The Hall–Kier alpha value is -3.02. The molecule has 0 heterocycles. The number of nitrogens with two attached hydrogens (primary N) is 2. The lowest BCUT2D eigenvalue weighted by Gasteiger charge is -2.24. The van der Waals surface area contributed by atoms with Crippen molar-refractivity contribution in [2.75, 3.05) is 13.7 Å². The second-order valence-corrected chi connectivity index (χ2v) is 6.85. The van der Waals surface area contributed by atoms with Crippen LogP contribution in [0, 0.1) is 0 Å². The third kappa shape index (κ3) is 9.11. The predicted molar refractivity (Wildman–Crippen MR) is 110 cm³/mol. The van der Waals surface area contributed by atoms with Crippen LogP contribution in [0.4, 0.5) is 0 Å². The van der Waals surface area contributed by atoms with E-state index in [1.54, 1.807) is 6.92 Å². The smallest absolute Gasteiger partial charge is 0.326 e. The Labute approximate surface area is 180 Å². The molecule has 0 aliphatic carbocycles. The molecule has 0 fully saturated rings. The van der Waals surface area contributed by atoms with Gasteiger partial charge in [0.1, 0.15) is 18.1 Å². The van der Waals surface area contributed by atoms with E-state index >= 15 is 0 Å². The number of carboxylic acids is 1. The number of hydrogen-bond donors (Lipinski definition) is 5. The van der Waals surface area contributed by atoms with Crippen LogP contribution in [0.2, 0.25) is 0 Å². The number of carbonyl (C=O) groups excluding carboxylic acids is 3. The second-order valence-electron chi connectivity index (χ2n) is 6.85. The SMILES string of the molecule is COC(=O)C[C@H](NC(=O)[C@H](CCN)NC(=O)[C@@H](N)[C@@H](C)OCc1ccccc1)C(=O)O. The van der Waals surface area contributed by atoms with Gasteiger partial charge in [0.05, 0.1) is 26.2 Å². The first kappa shape index (κ1) is 26.0. The van der Waals surface area contributed by atoms with Crippen LogP contribution in [0.1, 0.15) is 25.3 Å². The van der Waals surface area contributed by atoms with Gasteiger partial charge < -0.3 is 36.7 Å². The molecule has 2 amide bonds. The number of aliphatic carboxylic acids is 1. The van der Waals surface area contributed by atoms with Gasteiger partial charge in [0.2, 0.25) is 11.8 Å². The molecule has 4 atom stereocenters. The van der Waals surface area contributed by atoms with Crippen molar-refractivity contribution in [3.63, 3.8) is 0 Å². The molecule has 1 aromatic carbocycles. The molecule has 0 aromatic heterocycles. The van der Waals surface area contributed by atoms with Crippen LogP contribution in [0.3, 0.4) is 0 Å². The number of hydrogen-bond acceptors (Lipinski definition) is 8. The molecule has 0 aliphatic heterocycles. The Morgan fingerprint density at radius 3 is 2.23 bits per heavy atom. The lowest BCUT2D eigenvalue weighted by molar-refractivity contribution is -0.149. The summed E-state index contributed by atoms with van der Waals surface area (Å²) in [5.74, 6) is -3.69. The number of methoxy groups -OCH3 is 1. The van der Waals surface area contributed by atoms with E-state index in [0.717, 1.165) is 12.7 Å². The summed E-state index contributed by atoms with van der Waals surface area (Å²) in [5.41, 5.74) is 12.4. The van der Waals surface area contributed by atoms with Gasteiger partial charge in [-0.3, -0.25) is 14.4 Å². The number of carboxylic acid groups (broad SMARTS) is 1. The van der Waals surface area contributed by atoms with Crippen molar-refractivity contribution in [3.05, 3.63) is 35.9 Å². The average molecular weight is 438 g/mol. The quantitative estimate of drug-likeness (QED) is 0.238. The Balaban J connectivity index is 2.69. The first-order valence-corrected chi connectivity index (χ1v) is 9.71. The van der Waals surface area contributed by atoms with Crippen molar-refractivity contribution in [2.45, 2.75) is 50.6 Å². The van der Waals surface area contributed by atoms with E-state index in [-0.39, 0.29) is 19.6 Å². The fraction of sp³-hybridized carbons (Fsp3) is 0.500. The van der Waals surface area contributed by atoms with Gasteiger partial charge in [-0.05, 0) is 25.5 Å². The van der Waals surface area contributed by atoms with E-state index in [2.05, 4.69) is 15.4 Å². The van der Waals surface area contributed by atoms with Gasteiger partial charge >= 0.3 is 11.9 Å². The summed E-state index contributed by atoms with van der Waals surface area (Å²) in [4.78, 5) is 47.6. The van der Waals surface area contributed by atoms with Gasteiger partial charge in [-0.2, -0.15) is 0 Å². The van der Waals surface area contributed by atoms with Crippen molar-refractivity contribution in [2.24, 2.45) is 11.5 Å². The molecule has 1 rings (SSSR count). The summed E-state index contributed by atoms with van der Waals surface area (Å²) in [7, 11) is 1.10. The molecule has 11 heteroatoms. The molecule has 0 spiro atoms. The highest BCUT2D eigenvalue weighted by Crippen LogP contribution is 2.06. The third-order valence-corrected chi connectivity index (χ3v) is 4.47. The topological polar surface area (TPSA) is 183 Å². The van der Waals surface area contributed by atoms with E-state index in [4.69, 9.17) is 16.2 Å². The molecule has 0 saturated carbocycles. The summed E-state index contributed by atoms with van der Waals surface area (Å²) in [6.07, 6.45) is -1.19. The van der Waals surface area contributed by atoms with Crippen molar-refractivity contribution in [1.29, 1.82) is 0 Å². The largest absolute Gasteiger partial charge is 0.480 e. The Kier molecular flexibility index (Phi) is 11.2. The highest BCUT2D eigenvalue weighted by molar-refractivity contribution is 5.93. The zero-order chi connectivity index (χ0) is 23.4. The number of ether oxygens (including phenoxy) is 2. The number of carbonyl (C=O) groups is 4. The summed E-state index contributed by atoms with van der Waals surface area (Å²) in [6.45, 7) is 1.92. The minimum Gasteiger partial charge on any atom is -0.480 e. The predicted octanol–water partition coefficient (Wildman–Crippen LogP) is -1.11. The molecular weight excluding hydrogens is 408 g/mol. The fourth-order valence-electron chi connectivity index (χ4n) is 2.54. The van der Waals surface area contributed by atoms with Gasteiger partial charge in [-0.1, -0.05) is 30.3 Å². The number of esters is 1. The maximum Gasteiger partial charge on any atom is 0.326 e. The number of rotatable bonds is 13. The molecule has 0 aliphatic rings. The zero-order valence-corrected chi connectivity index (χ0v) is 17.6. The van der Waals surface area contributed by atoms with Crippen LogP contribution in [0.15, 0.2) is 30.3 Å². The van der Waals surface area contributed by atoms with E-state index in [1.165, 1.54) is 0 Å². The van der Waals surface area contributed by atoms with Crippen molar-refractivity contribution in [3.8, 4) is 0 Å². The molecular formula is C20H30N4O7. The molecule has 172 valence electrons. The van der Waals surface area contributed by atoms with Crippen LogP contribution in [-0.4, -0.2) is 66.7 Å². The molecule has 0 unspecified atom stereocenters. The van der Waals surface area contributed by atoms with E-state index in [0.29, 0.717) is 0 Å². The maximum atomic E-state index is 12.5. The average Bonchev–Trinajstić information content (AvgIpc) is 2.76. The lowest BCUT2D eigenvalue weighted by atomic mass is 10.1. The molecule has 1 aromatic rings. The maximum absolute atomic E-state index is 12.5. The lowest BCUT2D eigenvalue weighted by Crippen LogP contribution is -2.57. The number of amides is 2. The third-order valence-electron chi connectivity index (χ3n) is 4.47. The van der Waals surface area contributed by atoms with Gasteiger partial charge in [-0.15, -0.1) is 0 Å². The summed E-state index contributed by atoms with van der Waals surface area (Å²) >= 11 is 0. The fourth-order valence-corrected chi connectivity index (χ4v) is 2.54. The first-order valence-electron chi connectivity index (χ1n) is 9.71. The van der Waals surface area contributed by atoms with Crippen LogP contribution >= 0.6 is 0 Å². The highest BCUT2D eigenvalue weighted by atomic mass is 16.5. The van der Waals surface area contributed by atoms with Crippen molar-refractivity contribution >= 4 is 23.8 Å². The van der Waals surface area contributed by atoms with Crippen molar-refractivity contribution in [1.82, 2.24) is 10.6 Å². The second kappa shape index (κ2) is 13.3. The molecule has 0 radical (unpaired) electrons. The Morgan fingerprint density at radius 1 is 1.06 bits per heavy atom. The van der Waals surface area contributed by atoms with Gasteiger partial charge in [-0.25, -0.2) is 4.79 Å². The van der Waals surface area contributed by atoms with Crippen LogP contribution in [0.25, 0.3) is 0 Å². The van der Waals surface area contributed by atoms with Crippen LogP contribution in [0.5, 0.6) is 0 Å². The summed E-state index contributed by atoms with van der Waals surface area (Å²) < 4.78 is 10.0. The summed E-state index contributed by atoms with van der Waals surface area (Å²) in [6, 6.07) is 5.59. The van der Waals surface area contributed by atoms with Gasteiger partial charge in [0.25, 0.3) is 0 Å². The van der Waals surface area contributed by atoms with Gasteiger partial charge in [0, 0.05) is 0 Å². The molecule has 11 nitrogen and oxygen atoms in total. The molecule has 7 N–H and O–H groups in total. The van der Waals surface area contributed by atoms with E-state index < -0.39 is 54.4 Å². The van der Waals surface area contributed by atoms with Crippen LogP contribution < -0.4 is 22.1 Å². The summed E-state index contributed by atoms with van der Waals surface area (Å²) in [5, 5.41) is 13.9. The minimum atomic E-state index is -1.51. The van der Waals surface area contributed by atoms with Crippen molar-refractivity contribution < 1.29 is 33.8 Å². The minimum absolute atomic E-state index is 0.0358. The normalized spacial score (nSPS) is 14.6. The molecule has 0 bridgehead atoms. The van der Waals surface area contributed by atoms with E-state index in [1.807, 2.05) is 30.3 Å². The van der Waals surface area contributed by atoms with Crippen LogP contribution in [-0.2, 0) is 35.3 Å². The number of benzene rings is 1. The monoisotopic (exact) mass is 438 g/mol. The highest BCUT2D eigenvalue weighted by Gasteiger charge is 2.30. The Morgan fingerprint density at radius 2 is 1.68 bits per heavy atom. The van der Waals surface area contributed by atoms with Gasteiger partial charge in [0.15, 0.2) is 0 Å². The Bertz CT molecular complexity index is 744.